The van der Waals surface area contributed by atoms with E-state index in [9.17, 15) is 4.79 Å². The highest BCUT2D eigenvalue weighted by Gasteiger charge is 2.20. The molecule has 0 atom stereocenters. The van der Waals surface area contributed by atoms with Gasteiger partial charge in [0.1, 0.15) is 0 Å². The molecule has 2 aromatic rings. The van der Waals surface area contributed by atoms with Crippen LogP contribution in [0.1, 0.15) is 6.42 Å². The largest absolute Gasteiger partial charge is 0.490 e. The normalized spacial score (nSPS) is 17.6. The Hall–Kier alpha value is -2.32. The number of piperazine rings is 1. The molecule has 1 fully saturated rings. The first-order valence-electron chi connectivity index (χ1n) is 8.84. The van der Waals surface area contributed by atoms with Crippen LogP contribution >= 0.6 is 11.3 Å². The zero-order chi connectivity index (χ0) is 17.8. The van der Waals surface area contributed by atoms with Gasteiger partial charge >= 0.3 is 0 Å². The maximum Gasteiger partial charge on any atom is 0.238 e. The summed E-state index contributed by atoms with van der Waals surface area (Å²) in [6, 6.07) is 5.54. The van der Waals surface area contributed by atoms with Crippen LogP contribution in [0.15, 0.2) is 29.8 Å². The summed E-state index contributed by atoms with van der Waals surface area (Å²) in [6.07, 6.45) is 2.69. The summed E-state index contributed by atoms with van der Waals surface area (Å²) in [5.74, 6) is 1.42. The first kappa shape index (κ1) is 17.1. The van der Waals surface area contributed by atoms with Crippen LogP contribution in [-0.2, 0) is 4.79 Å². The van der Waals surface area contributed by atoms with Crippen LogP contribution in [0.2, 0.25) is 0 Å². The van der Waals surface area contributed by atoms with E-state index in [1.165, 1.54) is 0 Å². The van der Waals surface area contributed by atoms with Crippen molar-refractivity contribution in [1.82, 2.24) is 9.88 Å². The number of aromatic nitrogens is 1. The van der Waals surface area contributed by atoms with E-state index >= 15 is 0 Å². The zero-order valence-electron chi connectivity index (χ0n) is 14.5. The molecule has 1 saturated heterocycles. The highest BCUT2D eigenvalue weighted by atomic mass is 32.1. The van der Waals surface area contributed by atoms with Crippen molar-refractivity contribution in [3.8, 4) is 11.5 Å². The number of carbonyl (C=O) groups is 1. The Morgan fingerprint density at radius 2 is 1.96 bits per heavy atom. The number of nitrogens with zero attached hydrogens (tertiary/aromatic N) is 3. The SMILES string of the molecule is O=C(CN1CCN(c2nccs2)CC1)Nc1ccc2c(c1)OCCCO2. The van der Waals surface area contributed by atoms with Crippen molar-refractivity contribution in [1.29, 1.82) is 0 Å². The summed E-state index contributed by atoms with van der Waals surface area (Å²) in [4.78, 5) is 21.2. The minimum absolute atomic E-state index is 0.0119. The van der Waals surface area contributed by atoms with Gasteiger partial charge in [0.05, 0.1) is 19.8 Å². The molecule has 3 heterocycles. The number of thiazole rings is 1. The predicted molar refractivity (Wildman–Crippen MR) is 101 cm³/mol. The smallest absolute Gasteiger partial charge is 0.238 e. The van der Waals surface area contributed by atoms with Gasteiger partial charge in [-0.25, -0.2) is 4.98 Å². The number of fused-ring (bicyclic) bond motifs is 1. The molecule has 0 unspecified atom stereocenters. The fraction of sp³-hybridized carbons (Fsp3) is 0.444. The summed E-state index contributed by atoms with van der Waals surface area (Å²) in [5, 5.41) is 6.01. The number of nitrogens with one attached hydrogen (secondary N) is 1. The van der Waals surface area contributed by atoms with E-state index in [1.54, 1.807) is 11.3 Å². The highest BCUT2D eigenvalue weighted by Crippen LogP contribution is 2.32. The van der Waals surface area contributed by atoms with Crippen molar-refractivity contribution in [2.45, 2.75) is 6.42 Å². The topological polar surface area (TPSA) is 66.9 Å². The van der Waals surface area contributed by atoms with Crippen molar-refractivity contribution in [2.24, 2.45) is 0 Å². The lowest BCUT2D eigenvalue weighted by molar-refractivity contribution is -0.117. The number of rotatable bonds is 4. The second-order valence-corrected chi connectivity index (χ2v) is 7.21. The maximum atomic E-state index is 12.4. The first-order chi connectivity index (χ1) is 12.8. The third-order valence-corrected chi connectivity index (χ3v) is 5.29. The van der Waals surface area contributed by atoms with Gasteiger partial charge in [-0.2, -0.15) is 0 Å². The van der Waals surface area contributed by atoms with Crippen LogP contribution in [0.5, 0.6) is 11.5 Å². The number of amides is 1. The Balaban J connectivity index is 1.29. The van der Waals surface area contributed by atoms with E-state index < -0.39 is 0 Å². The Bertz CT molecular complexity index is 745. The number of carbonyl (C=O) groups excluding carboxylic acids is 1. The van der Waals surface area contributed by atoms with Crippen molar-refractivity contribution in [2.75, 3.05) is 56.2 Å². The van der Waals surface area contributed by atoms with Crippen LogP contribution in [0.4, 0.5) is 10.8 Å². The Kier molecular flexibility index (Phi) is 5.21. The molecule has 26 heavy (non-hydrogen) atoms. The Morgan fingerprint density at radius 3 is 2.73 bits per heavy atom. The minimum Gasteiger partial charge on any atom is -0.490 e. The van der Waals surface area contributed by atoms with E-state index in [1.807, 2.05) is 29.8 Å². The molecular weight excluding hydrogens is 352 g/mol. The van der Waals surface area contributed by atoms with Gasteiger partial charge in [0.15, 0.2) is 16.6 Å². The summed E-state index contributed by atoms with van der Waals surface area (Å²) < 4.78 is 11.3. The summed E-state index contributed by atoms with van der Waals surface area (Å²) >= 11 is 1.65. The van der Waals surface area contributed by atoms with Crippen LogP contribution in [0.3, 0.4) is 0 Å². The highest BCUT2D eigenvalue weighted by molar-refractivity contribution is 7.13. The van der Waals surface area contributed by atoms with Crippen LogP contribution in [-0.4, -0.2) is 61.7 Å². The molecule has 1 aromatic carbocycles. The fourth-order valence-electron chi connectivity index (χ4n) is 3.11. The van der Waals surface area contributed by atoms with E-state index in [0.717, 1.165) is 49.2 Å². The van der Waals surface area contributed by atoms with Crippen molar-refractivity contribution in [3.05, 3.63) is 29.8 Å². The van der Waals surface area contributed by atoms with Crippen molar-refractivity contribution >= 4 is 28.1 Å². The number of benzene rings is 1. The predicted octanol–water partition coefficient (Wildman–Crippen LogP) is 2.07. The van der Waals surface area contributed by atoms with Crippen molar-refractivity contribution in [3.63, 3.8) is 0 Å². The average Bonchev–Trinajstić information content (AvgIpc) is 3.08. The van der Waals surface area contributed by atoms with E-state index in [0.29, 0.717) is 25.5 Å². The average molecular weight is 374 g/mol. The van der Waals surface area contributed by atoms with Gasteiger partial charge in [-0.1, -0.05) is 0 Å². The van der Waals surface area contributed by atoms with Gasteiger partial charge in [-0.3, -0.25) is 9.69 Å². The molecule has 0 spiro atoms. The molecule has 8 heteroatoms. The molecule has 0 bridgehead atoms. The number of hydrogen-bond acceptors (Lipinski definition) is 7. The molecular formula is C18H22N4O3S. The molecule has 4 rings (SSSR count). The van der Waals surface area contributed by atoms with E-state index in [4.69, 9.17) is 9.47 Å². The minimum atomic E-state index is -0.0119. The molecule has 138 valence electrons. The third-order valence-electron chi connectivity index (χ3n) is 4.46. The molecule has 0 aliphatic carbocycles. The number of anilines is 2. The molecule has 2 aliphatic rings. The van der Waals surface area contributed by atoms with Crippen LogP contribution < -0.4 is 19.7 Å². The Morgan fingerprint density at radius 1 is 1.15 bits per heavy atom. The molecule has 7 nitrogen and oxygen atoms in total. The zero-order valence-corrected chi connectivity index (χ0v) is 15.3. The summed E-state index contributed by atoms with van der Waals surface area (Å²) in [6.45, 7) is 5.18. The lowest BCUT2D eigenvalue weighted by Crippen LogP contribution is -2.48. The van der Waals surface area contributed by atoms with Gasteiger partial charge in [0.25, 0.3) is 0 Å². The summed E-state index contributed by atoms with van der Waals surface area (Å²) in [5.41, 5.74) is 0.737. The molecule has 1 aromatic heterocycles. The van der Waals surface area contributed by atoms with E-state index in [2.05, 4.69) is 20.1 Å². The van der Waals surface area contributed by atoms with E-state index in [-0.39, 0.29) is 5.91 Å². The fourth-order valence-corrected chi connectivity index (χ4v) is 3.81. The second kappa shape index (κ2) is 7.92. The molecule has 1 amide bonds. The quantitative estimate of drug-likeness (QED) is 0.884. The van der Waals surface area contributed by atoms with Crippen LogP contribution in [0, 0.1) is 0 Å². The molecule has 0 radical (unpaired) electrons. The Labute approximate surface area is 156 Å². The maximum absolute atomic E-state index is 12.4. The van der Waals surface area contributed by atoms with Gasteiger partial charge in [0.2, 0.25) is 5.91 Å². The monoisotopic (exact) mass is 374 g/mol. The van der Waals surface area contributed by atoms with Crippen LogP contribution in [0.25, 0.3) is 0 Å². The standard InChI is InChI=1S/C18H22N4O3S/c23-17(13-21-5-7-22(8-6-21)18-19-4-11-26-18)20-14-2-3-15-16(12-14)25-10-1-9-24-15/h2-4,11-12H,1,5-10,13H2,(H,20,23). The number of hydrogen-bond donors (Lipinski definition) is 1. The van der Waals surface area contributed by atoms with Gasteiger partial charge in [-0.05, 0) is 12.1 Å². The van der Waals surface area contributed by atoms with Gasteiger partial charge < -0.3 is 19.7 Å². The van der Waals surface area contributed by atoms with Crippen molar-refractivity contribution < 1.29 is 14.3 Å². The second-order valence-electron chi connectivity index (χ2n) is 6.34. The van der Waals surface area contributed by atoms with Gasteiger partial charge in [-0.15, -0.1) is 11.3 Å². The third kappa shape index (κ3) is 4.08. The van der Waals surface area contributed by atoms with Gasteiger partial charge in [0, 0.05) is 55.9 Å². The number of ether oxygens (including phenoxy) is 2. The molecule has 2 aliphatic heterocycles. The lowest BCUT2D eigenvalue weighted by atomic mass is 10.2. The first-order valence-corrected chi connectivity index (χ1v) is 9.72. The summed E-state index contributed by atoms with van der Waals surface area (Å²) in [7, 11) is 0. The molecule has 0 saturated carbocycles. The lowest BCUT2D eigenvalue weighted by Gasteiger charge is -2.34. The molecule has 1 N–H and O–H groups in total.